The van der Waals surface area contributed by atoms with Gasteiger partial charge in [-0.3, -0.25) is 0 Å². The summed E-state index contributed by atoms with van der Waals surface area (Å²) in [5.41, 5.74) is 0. The highest BCUT2D eigenvalue weighted by molar-refractivity contribution is 4.82. The van der Waals surface area contributed by atoms with Crippen molar-refractivity contribution in [1.29, 1.82) is 0 Å². The van der Waals surface area contributed by atoms with E-state index in [4.69, 9.17) is 14.5 Å². The molecule has 0 saturated carbocycles. The standard InChI is InChI=1S/C11H22O3/c1-6-10(4)14-13-8-11(5)12-7-9(2)3/h6,9,11H,7-8H2,1-5H3/b10-6-. The first-order valence-electron chi connectivity index (χ1n) is 5.10. The Hall–Kier alpha value is -0.540. The van der Waals surface area contributed by atoms with Crippen molar-refractivity contribution in [1.82, 2.24) is 0 Å². The summed E-state index contributed by atoms with van der Waals surface area (Å²) in [7, 11) is 0. The van der Waals surface area contributed by atoms with Crippen molar-refractivity contribution in [2.45, 2.75) is 40.7 Å². The van der Waals surface area contributed by atoms with Crippen molar-refractivity contribution >= 4 is 0 Å². The highest BCUT2D eigenvalue weighted by Crippen LogP contribution is 2.01. The number of hydrogen-bond donors (Lipinski definition) is 0. The van der Waals surface area contributed by atoms with E-state index in [0.29, 0.717) is 12.5 Å². The third-order valence-electron chi connectivity index (χ3n) is 1.61. The smallest absolute Gasteiger partial charge is 0.135 e. The molecular weight excluding hydrogens is 180 g/mol. The highest BCUT2D eigenvalue weighted by Gasteiger charge is 2.04. The van der Waals surface area contributed by atoms with Crippen LogP contribution in [0, 0.1) is 5.92 Å². The fraction of sp³-hybridized carbons (Fsp3) is 0.818. The summed E-state index contributed by atoms with van der Waals surface area (Å²) in [5, 5.41) is 0. The Labute approximate surface area is 87.0 Å². The topological polar surface area (TPSA) is 27.7 Å². The molecule has 0 aliphatic carbocycles. The SMILES string of the molecule is C/C=C(/C)OOCC(C)OCC(C)C. The van der Waals surface area contributed by atoms with Crippen molar-refractivity contribution in [3.8, 4) is 0 Å². The Kier molecular flexibility index (Phi) is 7.52. The van der Waals surface area contributed by atoms with Crippen LogP contribution in [0.25, 0.3) is 0 Å². The van der Waals surface area contributed by atoms with E-state index in [1.54, 1.807) is 0 Å². The fourth-order valence-corrected chi connectivity index (χ4v) is 0.676. The third-order valence-corrected chi connectivity index (χ3v) is 1.61. The van der Waals surface area contributed by atoms with Crippen molar-refractivity contribution in [3.05, 3.63) is 11.8 Å². The Morgan fingerprint density at radius 1 is 1.21 bits per heavy atom. The Morgan fingerprint density at radius 2 is 1.86 bits per heavy atom. The maximum Gasteiger partial charge on any atom is 0.135 e. The largest absolute Gasteiger partial charge is 0.376 e. The van der Waals surface area contributed by atoms with Gasteiger partial charge in [0.2, 0.25) is 0 Å². The maximum absolute atomic E-state index is 5.49. The minimum absolute atomic E-state index is 0.0713. The average Bonchev–Trinajstić information content (AvgIpc) is 2.14. The quantitative estimate of drug-likeness (QED) is 0.361. The van der Waals surface area contributed by atoms with Crippen molar-refractivity contribution < 1.29 is 14.5 Å². The maximum atomic E-state index is 5.49. The van der Waals surface area contributed by atoms with E-state index in [9.17, 15) is 0 Å². The molecule has 0 aliphatic heterocycles. The molecule has 0 aromatic carbocycles. The van der Waals surface area contributed by atoms with Gasteiger partial charge in [0.05, 0.1) is 6.10 Å². The molecule has 0 spiro atoms. The third kappa shape index (κ3) is 8.08. The van der Waals surface area contributed by atoms with Gasteiger partial charge in [0, 0.05) is 6.61 Å². The molecule has 0 heterocycles. The van der Waals surface area contributed by atoms with Crippen LogP contribution in [-0.4, -0.2) is 19.3 Å². The zero-order chi connectivity index (χ0) is 11.0. The van der Waals surface area contributed by atoms with Gasteiger partial charge < -0.3 is 9.62 Å². The first kappa shape index (κ1) is 13.5. The molecule has 0 rings (SSSR count). The van der Waals surface area contributed by atoms with Crippen LogP contribution in [0.3, 0.4) is 0 Å². The summed E-state index contributed by atoms with van der Waals surface area (Å²) >= 11 is 0. The highest BCUT2D eigenvalue weighted by atomic mass is 17.2. The minimum atomic E-state index is 0.0713. The van der Waals surface area contributed by atoms with Gasteiger partial charge in [-0.15, -0.1) is 0 Å². The fourth-order valence-electron chi connectivity index (χ4n) is 0.676. The molecule has 0 aromatic heterocycles. The number of hydrogen-bond acceptors (Lipinski definition) is 3. The summed E-state index contributed by atoms with van der Waals surface area (Å²) in [6.45, 7) is 11.2. The van der Waals surface area contributed by atoms with Crippen LogP contribution in [0.4, 0.5) is 0 Å². The van der Waals surface area contributed by atoms with Crippen LogP contribution < -0.4 is 0 Å². The zero-order valence-electron chi connectivity index (χ0n) is 9.87. The van der Waals surface area contributed by atoms with E-state index in [-0.39, 0.29) is 6.10 Å². The van der Waals surface area contributed by atoms with Gasteiger partial charge in [0.25, 0.3) is 0 Å². The number of rotatable bonds is 7. The molecule has 84 valence electrons. The zero-order valence-corrected chi connectivity index (χ0v) is 9.87. The molecular formula is C11H22O3. The van der Waals surface area contributed by atoms with Crippen LogP contribution in [0.5, 0.6) is 0 Å². The summed E-state index contributed by atoms with van der Waals surface area (Å²) in [6.07, 6.45) is 1.92. The predicted octanol–water partition coefficient (Wildman–Crippen LogP) is 2.92. The van der Waals surface area contributed by atoms with Crippen LogP contribution in [0.2, 0.25) is 0 Å². The monoisotopic (exact) mass is 202 g/mol. The van der Waals surface area contributed by atoms with Gasteiger partial charge >= 0.3 is 0 Å². The molecule has 0 amide bonds. The molecule has 1 atom stereocenters. The molecule has 0 N–H and O–H groups in total. The molecule has 3 heteroatoms. The second-order valence-corrected chi connectivity index (χ2v) is 3.80. The number of ether oxygens (including phenoxy) is 1. The van der Waals surface area contributed by atoms with Gasteiger partial charge in [-0.1, -0.05) is 13.8 Å². The molecule has 0 aliphatic rings. The molecule has 3 nitrogen and oxygen atoms in total. The molecule has 0 saturated heterocycles. The lowest BCUT2D eigenvalue weighted by Gasteiger charge is -2.14. The Balaban J connectivity index is 3.40. The van der Waals surface area contributed by atoms with Crippen LogP contribution >= 0.6 is 0 Å². The number of allylic oxidation sites excluding steroid dienone is 2. The summed E-state index contributed by atoms with van der Waals surface area (Å²) < 4.78 is 5.49. The minimum Gasteiger partial charge on any atom is -0.376 e. The molecule has 0 radical (unpaired) electrons. The Bertz CT molecular complexity index is 164. The van der Waals surface area contributed by atoms with E-state index in [1.807, 2.05) is 26.8 Å². The van der Waals surface area contributed by atoms with E-state index in [0.717, 1.165) is 12.4 Å². The Morgan fingerprint density at radius 3 is 2.36 bits per heavy atom. The van der Waals surface area contributed by atoms with Gasteiger partial charge in [0.1, 0.15) is 12.4 Å². The summed E-state index contributed by atoms with van der Waals surface area (Å²) in [5.74, 6) is 1.32. The lowest BCUT2D eigenvalue weighted by Crippen LogP contribution is -2.18. The second-order valence-electron chi connectivity index (χ2n) is 3.80. The van der Waals surface area contributed by atoms with Crippen LogP contribution in [0.1, 0.15) is 34.6 Å². The van der Waals surface area contributed by atoms with Crippen LogP contribution in [0.15, 0.2) is 11.8 Å². The first-order valence-corrected chi connectivity index (χ1v) is 5.10. The van der Waals surface area contributed by atoms with Crippen LogP contribution in [-0.2, 0) is 14.5 Å². The normalized spacial score (nSPS) is 14.6. The van der Waals surface area contributed by atoms with E-state index >= 15 is 0 Å². The lowest BCUT2D eigenvalue weighted by atomic mass is 10.2. The van der Waals surface area contributed by atoms with Crippen molar-refractivity contribution in [2.75, 3.05) is 13.2 Å². The molecule has 14 heavy (non-hydrogen) atoms. The lowest BCUT2D eigenvalue weighted by molar-refractivity contribution is -0.276. The molecule has 0 bridgehead atoms. The van der Waals surface area contributed by atoms with Gasteiger partial charge in [-0.25, -0.2) is 0 Å². The van der Waals surface area contributed by atoms with E-state index in [1.165, 1.54) is 0 Å². The first-order chi connectivity index (χ1) is 6.56. The van der Waals surface area contributed by atoms with Crippen molar-refractivity contribution in [2.24, 2.45) is 5.92 Å². The molecule has 0 aromatic rings. The van der Waals surface area contributed by atoms with Crippen molar-refractivity contribution in [3.63, 3.8) is 0 Å². The van der Waals surface area contributed by atoms with E-state index in [2.05, 4.69) is 13.8 Å². The van der Waals surface area contributed by atoms with Gasteiger partial charge in [-0.05, 0) is 32.8 Å². The summed E-state index contributed by atoms with van der Waals surface area (Å²) in [6, 6.07) is 0. The second kappa shape index (κ2) is 7.83. The molecule has 0 fully saturated rings. The predicted molar refractivity (Wildman–Crippen MR) is 56.7 cm³/mol. The van der Waals surface area contributed by atoms with Gasteiger partial charge in [0.15, 0.2) is 0 Å². The molecule has 1 unspecified atom stereocenters. The van der Waals surface area contributed by atoms with E-state index < -0.39 is 0 Å². The summed E-state index contributed by atoms with van der Waals surface area (Å²) in [4.78, 5) is 9.94. The average molecular weight is 202 g/mol. The van der Waals surface area contributed by atoms with Gasteiger partial charge in [-0.2, -0.15) is 4.89 Å².